The molecule has 10 aromatic rings. The second-order valence-corrected chi connectivity index (χ2v) is 13.3. The summed E-state index contributed by atoms with van der Waals surface area (Å²) in [6, 6.07) is 71.7. The molecule has 1 aromatic heterocycles. The number of para-hydroxylation sites is 1. The van der Waals surface area contributed by atoms with Crippen LogP contribution in [0.15, 0.2) is 205 Å². The maximum atomic E-state index is 6.42. The zero-order valence-corrected chi connectivity index (χ0v) is 28.4. The molecule has 0 aliphatic rings. The molecule has 0 saturated carbocycles. The average Bonchev–Trinajstić information content (AvgIpc) is 3.60. The Morgan fingerprint density at radius 2 is 0.827 bits per heavy atom. The number of hydrogen-bond acceptors (Lipinski definition) is 2. The van der Waals surface area contributed by atoms with Gasteiger partial charge in [0.15, 0.2) is 0 Å². The lowest BCUT2D eigenvalue weighted by atomic mass is 9.89. The summed E-state index contributed by atoms with van der Waals surface area (Å²) in [6.45, 7) is 0. The van der Waals surface area contributed by atoms with Gasteiger partial charge in [-0.05, 0) is 85.9 Å². The number of hydrogen-bond donors (Lipinski definition) is 0. The van der Waals surface area contributed by atoms with Gasteiger partial charge in [0.2, 0.25) is 0 Å². The number of furan rings is 1. The summed E-state index contributed by atoms with van der Waals surface area (Å²) in [6.07, 6.45) is 0. The van der Waals surface area contributed by atoms with E-state index in [-0.39, 0.29) is 0 Å². The molecule has 0 saturated heterocycles. The SMILES string of the molecule is c1ccc(-c2ccccc2-c2ccccc2-c2ccc(N(c3ccc4c(c3)oc3ccccc34)c3cc4ccccc4c4ccccc34)cc2)cc1. The molecule has 0 bridgehead atoms. The maximum Gasteiger partial charge on any atom is 0.137 e. The van der Waals surface area contributed by atoms with E-state index in [4.69, 9.17) is 4.42 Å². The van der Waals surface area contributed by atoms with Gasteiger partial charge in [-0.25, -0.2) is 0 Å². The van der Waals surface area contributed by atoms with Gasteiger partial charge in [-0.2, -0.15) is 0 Å². The van der Waals surface area contributed by atoms with E-state index in [1.807, 2.05) is 12.1 Å². The zero-order valence-electron chi connectivity index (χ0n) is 28.4. The van der Waals surface area contributed by atoms with Crippen LogP contribution in [0.5, 0.6) is 0 Å². The van der Waals surface area contributed by atoms with Crippen molar-refractivity contribution in [3.05, 3.63) is 200 Å². The van der Waals surface area contributed by atoms with Crippen molar-refractivity contribution in [1.82, 2.24) is 0 Å². The first-order chi connectivity index (χ1) is 25.8. The fourth-order valence-electron chi connectivity index (χ4n) is 7.85. The first-order valence-electron chi connectivity index (χ1n) is 17.8. The summed E-state index contributed by atoms with van der Waals surface area (Å²) >= 11 is 0. The minimum Gasteiger partial charge on any atom is -0.456 e. The van der Waals surface area contributed by atoms with Crippen molar-refractivity contribution in [2.45, 2.75) is 0 Å². The van der Waals surface area contributed by atoms with E-state index in [2.05, 4.69) is 193 Å². The Kier molecular flexibility index (Phi) is 7.18. The van der Waals surface area contributed by atoms with Gasteiger partial charge in [0.25, 0.3) is 0 Å². The van der Waals surface area contributed by atoms with E-state index in [1.54, 1.807) is 0 Å². The minimum atomic E-state index is 0.872. The second kappa shape index (κ2) is 12.5. The molecule has 0 N–H and O–H groups in total. The molecule has 0 fully saturated rings. The van der Waals surface area contributed by atoms with Crippen LogP contribution in [-0.2, 0) is 0 Å². The molecule has 10 rings (SSSR count). The second-order valence-electron chi connectivity index (χ2n) is 13.3. The molecule has 2 heteroatoms. The van der Waals surface area contributed by atoms with Crippen LogP contribution in [0.1, 0.15) is 0 Å². The molecule has 52 heavy (non-hydrogen) atoms. The van der Waals surface area contributed by atoms with Gasteiger partial charge in [0.05, 0.1) is 5.69 Å². The lowest BCUT2D eigenvalue weighted by molar-refractivity contribution is 0.669. The maximum absolute atomic E-state index is 6.42. The van der Waals surface area contributed by atoms with Crippen molar-refractivity contribution in [2.75, 3.05) is 4.90 Å². The van der Waals surface area contributed by atoms with E-state index in [0.717, 1.165) is 39.0 Å². The fourth-order valence-corrected chi connectivity index (χ4v) is 7.85. The summed E-state index contributed by atoms with van der Waals surface area (Å²) < 4.78 is 6.42. The zero-order chi connectivity index (χ0) is 34.4. The molecule has 0 aliphatic carbocycles. The third kappa shape index (κ3) is 5.04. The monoisotopic (exact) mass is 663 g/mol. The lowest BCUT2D eigenvalue weighted by Crippen LogP contribution is -2.10. The van der Waals surface area contributed by atoms with Crippen molar-refractivity contribution < 1.29 is 4.42 Å². The Hall–Kier alpha value is -6.90. The Morgan fingerprint density at radius 1 is 0.308 bits per heavy atom. The fraction of sp³-hybridized carbons (Fsp3) is 0. The molecule has 0 spiro atoms. The highest BCUT2D eigenvalue weighted by Crippen LogP contribution is 2.45. The first-order valence-corrected chi connectivity index (χ1v) is 17.8. The van der Waals surface area contributed by atoms with Gasteiger partial charge in [0.1, 0.15) is 11.2 Å². The highest BCUT2D eigenvalue weighted by atomic mass is 16.3. The van der Waals surface area contributed by atoms with Crippen LogP contribution in [0.25, 0.3) is 76.9 Å². The van der Waals surface area contributed by atoms with Gasteiger partial charge in [-0.15, -0.1) is 0 Å². The van der Waals surface area contributed by atoms with Crippen LogP contribution in [0.4, 0.5) is 17.1 Å². The van der Waals surface area contributed by atoms with Crippen molar-refractivity contribution in [3.63, 3.8) is 0 Å². The Morgan fingerprint density at radius 3 is 1.56 bits per heavy atom. The van der Waals surface area contributed by atoms with Gasteiger partial charge in [-0.3, -0.25) is 0 Å². The summed E-state index contributed by atoms with van der Waals surface area (Å²) in [5.41, 5.74) is 12.2. The minimum absolute atomic E-state index is 0.872. The van der Waals surface area contributed by atoms with Crippen LogP contribution in [-0.4, -0.2) is 0 Å². The number of nitrogens with zero attached hydrogens (tertiary/aromatic N) is 1. The van der Waals surface area contributed by atoms with Gasteiger partial charge in [-0.1, -0.05) is 158 Å². The molecular weight excluding hydrogens is 631 g/mol. The van der Waals surface area contributed by atoms with Gasteiger partial charge in [0, 0.05) is 33.6 Å². The Balaban J connectivity index is 1.15. The third-order valence-corrected chi connectivity index (χ3v) is 10.3. The summed E-state index contributed by atoms with van der Waals surface area (Å²) in [7, 11) is 0. The summed E-state index contributed by atoms with van der Waals surface area (Å²) in [5.74, 6) is 0. The normalized spacial score (nSPS) is 11.5. The topological polar surface area (TPSA) is 16.4 Å². The molecule has 0 amide bonds. The molecule has 0 unspecified atom stereocenters. The molecule has 2 nitrogen and oxygen atoms in total. The highest BCUT2D eigenvalue weighted by Gasteiger charge is 2.20. The summed E-state index contributed by atoms with van der Waals surface area (Å²) in [4.78, 5) is 2.38. The molecule has 9 aromatic carbocycles. The van der Waals surface area contributed by atoms with Crippen LogP contribution in [0.3, 0.4) is 0 Å². The number of benzene rings is 9. The quantitative estimate of drug-likeness (QED) is 0.165. The Labute approximate surface area is 302 Å². The van der Waals surface area contributed by atoms with Crippen LogP contribution < -0.4 is 4.90 Å². The molecule has 1 heterocycles. The number of anilines is 3. The Bertz CT molecular complexity index is 2900. The van der Waals surface area contributed by atoms with E-state index < -0.39 is 0 Å². The van der Waals surface area contributed by atoms with Crippen molar-refractivity contribution in [1.29, 1.82) is 0 Å². The number of rotatable bonds is 6. The van der Waals surface area contributed by atoms with Gasteiger partial charge < -0.3 is 9.32 Å². The van der Waals surface area contributed by atoms with Crippen LogP contribution >= 0.6 is 0 Å². The summed E-state index contributed by atoms with van der Waals surface area (Å²) in [5, 5.41) is 7.12. The van der Waals surface area contributed by atoms with E-state index in [1.165, 1.54) is 54.9 Å². The van der Waals surface area contributed by atoms with Crippen molar-refractivity contribution >= 4 is 60.5 Å². The van der Waals surface area contributed by atoms with Gasteiger partial charge >= 0.3 is 0 Å². The van der Waals surface area contributed by atoms with Crippen LogP contribution in [0, 0.1) is 0 Å². The predicted molar refractivity (Wildman–Crippen MR) is 220 cm³/mol. The number of fused-ring (bicyclic) bond motifs is 6. The standard InChI is InChI=1S/C50H33NO/c1-2-14-34(15-3-1)39-17-6-8-20-42(39)43-21-9-7-18-40(43)35-26-28-37(29-27-35)51(38-30-31-47-46-24-12-13-25-49(46)52-50(47)33-38)48-32-36-16-4-5-19-41(36)44-22-10-11-23-45(44)48/h1-33H. The van der Waals surface area contributed by atoms with E-state index >= 15 is 0 Å². The highest BCUT2D eigenvalue weighted by molar-refractivity contribution is 6.15. The van der Waals surface area contributed by atoms with Crippen molar-refractivity contribution in [3.8, 4) is 33.4 Å². The molecular formula is C50H33NO. The average molecular weight is 664 g/mol. The molecule has 0 radical (unpaired) electrons. The lowest BCUT2D eigenvalue weighted by Gasteiger charge is -2.28. The van der Waals surface area contributed by atoms with Crippen molar-refractivity contribution in [2.24, 2.45) is 0 Å². The van der Waals surface area contributed by atoms with E-state index in [0.29, 0.717) is 0 Å². The predicted octanol–water partition coefficient (Wildman–Crippen LogP) is 14.4. The smallest absolute Gasteiger partial charge is 0.137 e. The van der Waals surface area contributed by atoms with Crippen LogP contribution in [0.2, 0.25) is 0 Å². The third-order valence-electron chi connectivity index (χ3n) is 10.3. The molecule has 0 aliphatic heterocycles. The first kappa shape index (κ1) is 30.0. The largest absolute Gasteiger partial charge is 0.456 e. The molecule has 0 atom stereocenters. The van der Waals surface area contributed by atoms with E-state index in [9.17, 15) is 0 Å². The molecule has 244 valence electrons.